The Morgan fingerprint density at radius 2 is 1.89 bits per heavy atom. The standard InChI is InChI=1S/C17H18N4O4S2/c1-20(11-15-18-16(19-25-15)14-5-4-10-26-14)17(22)12-6-8-13(9-7-12)21(2)27(3,23)24/h4-10H,11H2,1-3H3. The molecule has 0 radical (unpaired) electrons. The molecule has 8 nitrogen and oxygen atoms in total. The monoisotopic (exact) mass is 406 g/mol. The summed E-state index contributed by atoms with van der Waals surface area (Å²) in [5.41, 5.74) is 0.912. The van der Waals surface area contributed by atoms with Crippen LogP contribution in [0.1, 0.15) is 16.2 Å². The molecule has 0 saturated heterocycles. The highest BCUT2D eigenvalue weighted by molar-refractivity contribution is 7.92. The summed E-state index contributed by atoms with van der Waals surface area (Å²) in [6.07, 6.45) is 1.12. The van der Waals surface area contributed by atoms with Gasteiger partial charge in [0.15, 0.2) is 0 Å². The third-order valence-electron chi connectivity index (χ3n) is 3.90. The SMILES string of the molecule is CN(Cc1nc(-c2cccs2)no1)C(=O)c1ccc(N(C)S(C)(=O)=O)cc1. The third-order valence-corrected chi connectivity index (χ3v) is 5.98. The first-order valence-electron chi connectivity index (χ1n) is 7.91. The van der Waals surface area contributed by atoms with Gasteiger partial charge in [-0.1, -0.05) is 11.2 Å². The number of sulfonamides is 1. The fourth-order valence-corrected chi connectivity index (χ4v) is 3.48. The first-order chi connectivity index (χ1) is 12.8. The lowest BCUT2D eigenvalue weighted by atomic mass is 10.2. The minimum atomic E-state index is -3.35. The van der Waals surface area contributed by atoms with Crippen molar-refractivity contribution in [3.8, 4) is 10.7 Å². The fraction of sp³-hybridized carbons (Fsp3) is 0.235. The number of carbonyl (C=O) groups excluding carboxylic acids is 1. The van der Waals surface area contributed by atoms with E-state index in [1.807, 2.05) is 17.5 Å². The highest BCUT2D eigenvalue weighted by Gasteiger charge is 2.18. The number of hydrogen-bond acceptors (Lipinski definition) is 7. The molecular formula is C17H18N4O4S2. The molecule has 10 heteroatoms. The first kappa shape index (κ1) is 19.1. The molecule has 0 saturated carbocycles. The molecule has 142 valence electrons. The molecule has 0 unspecified atom stereocenters. The average molecular weight is 406 g/mol. The van der Waals surface area contributed by atoms with E-state index in [0.29, 0.717) is 23.0 Å². The predicted octanol–water partition coefficient (Wildman–Crippen LogP) is 2.47. The quantitative estimate of drug-likeness (QED) is 0.624. The summed E-state index contributed by atoms with van der Waals surface area (Å²) in [5.74, 6) is 0.594. The fourth-order valence-electron chi connectivity index (χ4n) is 2.33. The summed E-state index contributed by atoms with van der Waals surface area (Å²) in [5, 5.41) is 5.84. The Labute approximate surface area is 161 Å². The van der Waals surface area contributed by atoms with E-state index in [1.165, 1.54) is 23.3 Å². The molecule has 3 rings (SSSR count). The van der Waals surface area contributed by atoms with Crippen LogP contribution in [-0.2, 0) is 16.6 Å². The molecule has 0 spiro atoms. The Hall–Kier alpha value is -2.72. The van der Waals surface area contributed by atoms with Gasteiger partial charge in [-0.05, 0) is 35.7 Å². The van der Waals surface area contributed by atoms with Crippen LogP contribution in [-0.4, -0.2) is 49.7 Å². The lowest BCUT2D eigenvalue weighted by Crippen LogP contribution is -2.27. The van der Waals surface area contributed by atoms with Gasteiger partial charge in [-0.2, -0.15) is 4.98 Å². The van der Waals surface area contributed by atoms with Crippen molar-refractivity contribution in [3.05, 3.63) is 53.2 Å². The Balaban J connectivity index is 1.68. The van der Waals surface area contributed by atoms with Crippen LogP contribution in [0.15, 0.2) is 46.3 Å². The van der Waals surface area contributed by atoms with E-state index in [1.54, 1.807) is 31.3 Å². The zero-order valence-electron chi connectivity index (χ0n) is 15.0. The van der Waals surface area contributed by atoms with E-state index in [4.69, 9.17) is 4.52 Å². The predicted molar refractivity (Wildman–Crippen MR) is 103 cm³/mol. The number of anilines is 1. The molecule has 1 amide bonds. The molecular weight excluding hydrogens is 388 g/mol. The van der Waals surface area contributed by atoms with Gasteiger partial charge in [0.2, 0.25) is 21.7 Å². The van der Waals surface area contributed by atoms with Crippen LogP contribution in [0.2, 0.25) is 0 Å². The molecule has 0 bridgehead atoms. The maximum atomic E-state index is 12.6. The highest BCUT2D eigenvalue weighted by Crippen LogP contribution is 2.22. The summed E-state index contributed by atoms with van der Waals surface area (Å²) in [7, 11) is -0.261. The second kappa shape index (κ2) is 7.49. The van der Waals surface area contributed by atoms with E-state index >= 15 is 0 Å². The van der Waals surface area contributed by atoms with Crippen molar-refractivity contribution in [2.75, 3.05) is 24.7 Å². The number of thiophene rings is 1. The lowest BCUT2D eigenvalue weighted by Gasteiger charge is -2.18. The molecule has 3 aromatic rings. The van der Waals surface area contributed by atoms with Crippen LogP contribution in [0.4, 0.5) is 5.69 Å². The van der Waals surface area contributed by atoms with Crippen LogP contribution in [0.25, 0.3) is 10.7 Å². The number of hydrogen-bond donors (Lipinski definition) is 0. The van der Waals surface area contributed by atoms with Crippen molar-refractivity contribution < 1.29 is 17.7 Å². The van der Waals surface area contributed by atoms with Crippen molar-refractivity contribution in [2.24, 2.45) is 0 Å². The Morgan fingerprint density at radius 1 is 1.19 bits per heavy atom. The molecule has 0 aliphatic carbocycles. The number of benzene rings is 1. The minimum Gasteiger partial charge on any atom is -0.337 e. The van der Waals surface area contributed by atoms with Crippen LogP contribution in [0.5, 0.6) is 0 Å². The van der Waals surface area contributed by atoms with Crippen LogP contribution >= 0.6 is 11.3 Å². The number of amides is 1. The van der Waals surface area contributed by atoms with Crippen LogP contribution in [0.3, 0.4) is 0 Å². The summed E-state index contributed by atoms with van der Waals surface area (Å²) >= 11 is 1.50. The van der Waals surface area contributed by atoms with E-state index in [9.17, 15) is 13.2 Å². The average Bonchev–Trinajstić information content (AvgIpc) is 3.31. The topological polar surface area (TPSA) is 96.6 Å². The van der Waals surface area contributed by atoms with Gasteiger partial charge < -0.3 is 9.42 Å². The van der Waals surface area contributed by atoms with Gasteiger partial charge in [0, 0.05) is 19.7 Å². The Bertz CT molecular complexity index is 1030. The Morgan fingerprint density at radius 3 is 2.48 bits per heavy atom. The van der Waals surface area contributed by atoms with Gasteiger partial charge in [-0.15, -0.1) is 11.3 Å². The third kappa shape index (κ3) is 4.34. The van der Waals surface area contributed by atoms with E-state index in [-0.39, 0.29) is 12.5 Å². The zero-order chi connectivity index (χ0) is 19.6. The molecule has 0 fully saturated rings. The molecule has 1 aromatic carbocycles. The van der Waals surface area contributed by atoms with Gasteiger partial charge in [0.25, 0.3) is 5.91 Å². The molecule has 2 aromatic heterocycles. The van der Waals surface area contributed by atoms with Gasteiger partial charge in [-0.3, -0.25) is 9.10 Å². The number of nitrogens with zero attached hydrogens (tertiary/aromatic N) is 4. The van der Waals surface area contributed by atoms with E-state index in [2.05, 4.69) is 10.1 Å². The Kier molecular flexibility index (Phi) is 5.29. The van der Waals surface area contributed by atoms with Gasteiger partial charge in [0.05, 0.1) is 23.4 Å². The summed E-state index contributed by atoms with van der Waals surface area (Å²) in [6.45, 7) is 0.169. The number of aromatic nitrogens is 2. The van der Waals surface area contributed by atoms with Gasteiger partial charge in [-0.25, -0.2) is 8.42 Å². The van der Waals surface area contributed by atoms with Crippen molar-refractivity contribution in [1.82, 2.24) is 15.0 Å². The van der Waals surface area contributed by atoms with Crippen molar-refractivity contribution in [3.63, 3.8) is 0 Å². The molecule has 0 aliphatic rings. The van der Waals surface area contributed by atoms with E-state index in [0.717, 1.165) is 15.4 Å². The van der Waals surface area contributed by atoms with Crippen molar-refractivity contribution >= 4 is 33.0 Å². The molecule has 0 N–H and O–H groups in total. The molecule has 0 aliphatic heterocycles. The smallest absolute Gasteiger partial charge is 0.254 e. The summed E-state index contributed by atoms with van der Waals surface area (Å²) in [6, 6.07) is 10.1. The van der Waals surface area contributed by atoms with E-state index < -0.39 is 10.0 Å². The van der Waals surface area contributed by atoms with Gasteiger partial charge in [0.1, 0.15) is 0 Å². The first-order valence-corrected chi connectivity index (χ1v) is 10.6. The summed E-state index contributed by atoms with van der Waals surface area (Å²) in [4.78, 5) is 19.2. The second-order valence-corrected chi connectivity index (χ2v) is 8.89. The largest absolute Gasteiger partial charge is 0.337 e. The lowest BCUT2D eigenvalue weighted by molar-refractivity contribution is 0.0769. The second-order valence-electron chi connectivity index (χ2n) is 5.93. The van der Waals surface area contributed by atoms with Crippen LogP contribution < -0.4 is 4.31 Å². The molecule has 2 heterocycles. The van der Waals surface area contributed by atoms with Crippen molar-refractivity contribution in [2.45, 2.75) is 6.54 Å². The normalized spacial score (nSPS) is 11.4. The summed E-state index contributed by atoms with van der Waals surface area (Å²) < 4.78 is 29.5. The minimum absolute atomic E-state index is 0.169. The van der Waals surface area contributed by atoms with Crippen LogP contribution in [0, 0.1) is 0 Å². The molecule has 0 atom stereocenters. The molecule has 27 heavy (non-hydrogen) atoms. The highest BCUT2D eigenvalue weighted by atomic mass is 32.2. The maximum Gasteiger partial charge on any atom is 0.254 e. The number of rotatable bonds is 6. The number of carbonyl (C=O) groups is 1. The zero-order valence-corrected chi connectivity index (χ0v) is 16.6. The van der Waals surface area contributed by atoms with Gasteiger partial charge >= 0.3 is 0 Å². The maximum absolute atomic E-state index is 12.6. The van der Waals surface area contributed by atoms with Crippen molar-refractivity contribution in [1.29, 1.82) is 0 Å².